The Morgan fingerprint density at radius 1 is 1.53 bits per heavy atom. The van der Waals surface area contributed by atoms with Gasteiger partial charge in [0, 0.05) is 6.20 Å². The molecule has 1 aliphatic carbocycles. The minimum atomic E-state index is -0.453. The number of pyridine rings is 1. The van der Waals surface area contributed by atoms with Crippen molar-refractivity contribution in [3.8, 4) is 0 Å². The van der Waals surface area contributed by atoms with Gasteiger partial charge in [0.25, 0.3) is 0 Å². The predicted octanol–water partition coefficient (Wildman–Crippen LogP) is 2.74. The SMILES string of the molecule is CC.NC(=O)c1cnc(Cl)c(C2CC2)c1. The number of halogens is 1. The number of nitrogens with two attached hydrogens (primary N) is 1. The van der Waals surface area contributed by atoms with Crippen LogP contribution in [-0.4, -0.2) is 10.9 Å². The number of rotatable bonds is 2. The van der Waals surface area contributed by atoms with Gasteiger partial charge in [0.2, 0.25) is 5.91 Å². The van der Waals surface area contributed by atoms with Crippen molar-refractivity contribution in [2.24, 2.45) is 5.73 Å². The van der Waals surface area contributed by atoms with Crippen LogP contribution in [0.4, 0.5) is 0 Å². The molecular formula is C11H15ClN2O. The number of hydrogen-bond donors (Lipinski definition) is 1. The monoisotopic (exact) mass is 226 g/mol. The summed E-state index contributed by atoms with van der Waals surface area (Å²) in [6.45, 7) is 4.00. The minimum absolute atomic E-state index is 0.436. The van der Waals surface area contributed by atoms with Gasteiger partial charge < -0.3 is 5.73 Å². The molecule has 0 radical (unpaired) electrons. The average molecular weight is 227 g/mol. The summed E-state index contributed by atoms with van der Waals surface area (Å²) in [7, 11) is 0. The van der Waals surface area contributed by atoms with Crippen LogP contribution < -0.4 is 5.73 Å². The van der Waals surface area contributed by atoms with Crippen LogP contribution in [0, 0.1) is 0 Å². The Hall–Kier alpha value is -1.09. The highest BCUT2D eigenvalue weighted by molar-refractivity contribution is 6.30. The Kier molecular flexibility index (Phi) is 4.09. The first-order valence-corrected chi connectivity index (χ1v) is 5.51. The Morgan fingerprint density at radius 3 is 2.60 bits per heavy atom. The van der Waals surface area contributed by atoms with Crippen LogP contribution in [0.1, 0.15) is 48.5 Å². The van der Waals surface area contributed by atoms with Crippen molar-refractivity contribution < 1.29 is 4.79 Å². The van der Waals surface area contributed by atoms with E-state index < -0.39 is 5.91 Å². The third kappa shape index (κ3) is 2.93. The van der Waals surface area contributed by atoms with E-state index in [1.54, 1.807) is 6.07 Å². The summed E-state index contributed by atoms with van der Waals surface area (Å²) in [5, 5.41) is 0.493. The van der Waals surface area contributed by atoms with Crippen LogP contribution in [-0.2, 0) is 0 Å². The minimum Gasteiger partial charge on any atom is -0.366 e. The van der Waals surface area contributed by atoms with Crippen molar-refractivity contribution >= 4 is 17.5 Å². The van der Waals surface area contributed by atoms with E-state index in [0.29, 0.717) is 16.6 Å². The molecule has 0 unspecified atom stereocenters. The van der Waals surface area contributed by atoms with Crippen molar-refractivity contribution in [1.29, 1.82) is 0 Å². The summed E-state index contributed by atoms with van der Waals surface area (Å²) in [6.07, 6.45) is 3.67. The maximum absolute atomic E-state index is 10.8. The summed E-state index contributed by atoms with van der Waals surface area (Å²) in [5.41, 5.74) is 6.52. The number of amides is 1. The number of primary amides is 1. The highest BCUT2D eigenvalue weighted by atomic mass is 35.5. The molecule has 0 spiro atoms. The molecule has 3 nitrogen and oxygen atoms in total. The largest absolute Gasteiger partial charge is 0.366 e. The molecule has 1 heterocycles. The molecule has 1 amide bonds. The number of hydrogen-bond acceptors (Lipinski definition) is 2. The van der Waals surface area contributed by atoms with E-state index in [2.05, 4.69) is 4.98 Å². The first kappa shape index (κ1) is 12.0. The van der Waals surface area contributed by atoms with Gasteiger partial charge in [0.05, 0.1) is 5.56 Å². The van der Waals surface area contributed by atoms with Crippen molar-refractivity contribution in [2.75, 3.05) is 0 Å². The van der Waals surface area contributed by atoms with Gasteiger partial charge in [-0.15, -0.1) is 0 Å². The zero-order valence-corrected chi connectivity index (χ0v) is 9.71. The van der Waals surface area contributed by atoms with Gasteiger partial charge in [0.15, 0.2) is 0 Å². The van der Waals surface area contributed by atoms with Crippen LogP contribution in [0.2, 0.25) is 5.15 Å². The lowest BCUT2D eigenvalue weighted by Crippen LogP contribution is -2.11. The third-order valence-electron chi connectivity index (χ3n) is 2.17. The molecule has 1 aromatic heterocycles. The summed E-state index contributed by atoms with van der Waals surface area (Å²) in [4.78, 5) is 14.8. The Morgan fingerprint density at radius 2 is 2.13 bits per heavy atom. The van der Waals surface area contributed by atoms with E-state index in [0.717, 1.165) is 18.4 Å². The molecule has 15 heavy (non-hydrogen) atoms. The molecule has 0 bridgehead atoms. The topological polar surface area (TPSA) is 56.0 Å². The fourth-order valence-corrected chi connectivity index (χ4v) is 1.54. The smallest absolute Gasteiger partial charge is 0.250 e. The standard InChI is InChI=1S/C9H9ClN2O.C2H6/c10-8-7(5-1-2-5)3-6(4-12-8)9(11)13;1-2/h3-5H,1-2H2,(H2,11,13);1-2H3. The van der Waals surface area contributed by atoms with E-state index in [9.17, 15) is 4.79 Å². The summed E-state index contributed by atoms with van der Waals surface area (Å²) < 4.78 is 0. The maximum atomic E-state index is 10.8. The fourth-order valence-electron chi connectivity index (χ4n) is 1.28. The molecule has 1 aliphatic rings. The summed E-state index contributed by atoms with van der Waals surface area (Å²) >= 11 is 5.87. The maximum Gasteiger partial charge on any atom is 0.250 e. The summed E-state index contributed by atoms with van der Waals surface area (Å²) in [5.74, 6) is 0.0327. The molecule has 0 aliphatic heterocycles. The predicted molar refractivity (Wildman–Crippen MR) is 61.1 cm³/mol. The van der Waals surface area contributed by atoms with Crippen LogP contribution in [0.3, 0.4) is 0 Å². The van der Waals surface area contributed by atoms with Crippen molar-refractivity contribution in [1.82, 2.24) is 4.98 Å². The van der Waals surface area contributed by atoms with Crippen molar-refractivity contribution in [3.63, 3.8) is 0 Å². The highest BCUT2D eigenvalue weighted by Crippen LogP contribution is 2.42. The van der Waals surface area contributed by atoms with Crippen LogP contribution in [0.25, 0.3) is 0 Å². The van der Waals surface area contributed by atoms with Crippen molar-refractivity contribution in [2.45, 2.75) is 32.6 Å². The van der Waals surface area contributed by atoms with Gasteiger partial charge in [0.1, 0.15) is 5.15 Å². The lowest BCUT2D eigenvalue weighted by Gasteiger charge is -2.02. The van der Waals surface area contributed by atoms with Gasteiger partial charge in [-0.05, 0) is 30.4 Å². The van der Waals surface area contributed by atoms with Gasteiger partial charge >= 0.3 is 0 Å². The first-order chi connectivity index (χ1) is 7.18. The molecule has 0 aromatic carbocycles. The Bertz CT molecular complexity index is 362. The highest BCUT2D eigenvalue weighted by Gasteiger charge is 2.26. The van der Waals surface area contributed by atoms with Gasteiger partial charge in [-0.1, -0.05) is 25.4 Å². The van der Waals surface area contributed by atoms with Gasteiger partial charge in [-0.3, -0.25) is 4.79 Å². The normalized spacial score (nSPS) is 14.1. The van der Waals surface area contributed by atoms with E-state index in [-0.39, 0.29) is 0 Å². The molecule has 1 aromatic rings. The molecule has 2 N–H and O–H groups in total. The molecular weight excluding hydrogens is 212 g/mol. The quantitative estimate of drug-likeness (QED) is 0.789. The molecule has 0 atom stereocenters. The average Bonchev–Trinajstić information content (AvgIpc) is 3.05. The molecule has 4 heteroatoms. The van der Waals surface area contributed by atoms with Crippen molar-refractivity contribution in [3.05, 3.63) is 28.5 Å². The molecule has 1 saturated carbocycles. The second-order valence-corrected chi connectivity index (χ2v) is 3.60. The second-order valence-electron chi connectivity index (χ2n) is 3.24. The number of carbonyl (C=O) groups is 1. The van der Waals surface area contributed by atoms with Crippen LogP contribution in [0.5, 0.6) is 0 Å². The lowest BCUT2D eigenvalue weighted by molar-refractivity contribution is 0.1000. The van der Waals surface area contributed by atoms with Crippen LogP contribution in [0.15, 0.2) is 12.3 Å². The number of carbonyl (C=O) groups excluding carboxylic acids is 1. The molecule has 82 valence electrons. The summed E-state index contributed by atoms with van der Waals surface area (Å²) in [6, 6.07) is 1.75. The molecule has 0 saturated heterocycles. The van der Waals surface area contributed by atoms with Crippen LogP contribution >= 0.6 is 11.6 Å². The van der Waals surface area contributed by atoms with Gasteiger partial charge in [-0.2, -0.15) is 0 Å². The van der Waals surface area contributed by atoms with E-state index in [1.807, 2.05) is 13.8 Å². The zero-order valence-electron chi connectivity index (χ0n) is 8.96. The number of aromatic nitrogens is 1. The van der Waals surface area contributed by atoms with Gasteiger partial charge in [-0.25, -0.2) is 4.98 Å². The molecule has 2 rings (SSSR count). The lowest BCUT2D eigenvalue weighted by atomic mass is 10.1. The second kappa shape index (κ2) is 5.12. The third-order valence-corrected chi connectivity index (χ3v) is 2.48. The van der Waals surface area contributed by atoms with E-state index in [1.165, 1.54) is 6.20 Å². The van der Waals surface area contributed by atoms with E-state index >= 15 is 0 Å². The zero-order chi connectivity index (χ0) is 11.4. The fraction of sp³-hybridized carbons (Fsp3) is 0.455. The van der Waals surface area contributed by atoms with E-state index in [4.69, 9.17) is 17.3 Å². The first-order valence-electron chi connectivity index (χ1n) is 5.13. The number of nitrogens with zero attached hydrogens (tertiary/aromatic N) is 1. The Labute approximate surface area is 94.6 Å². The molecule has 1 fully saturated rings. The Balaban J connectivity index is 0.000000531.